The van der Waals surface area contributed by atoms with E-state index in [-0.39, 0.29) is 12.1 Å². The highest BCUT2D eigenvalue weighted by molar-refractivity contribution is 7.09. The Hall–Kier alpha value is -1.89. The second-order valence-electron chi connectivity index (χ2n) is 6.36. The molecule has 0 aliphatic heterocycles. The van der Waals surface area contributed by atoms with Gasteiger partial charge in [-0.25, -0.2) is 9.78 Å². The van der Waals surface area contributed by atoms with Crippen LogP contribution >= 0.6 is 11.3 Å². The monoisotopic (exact) mass is 349 g/mol. The Morgan fingerprint density at radius 3 is 2.62 bits per heavy atom. The van der Waals surface area contributed by atoms with Crippen molar-refractivity contribution in [1.82, 2.24) is 25.4 Å². The standard InChI is InChI=1S/C17H27N5OS/c1-6-15(16-19-13(4)10-24-16)20-17(23)18-8-11(2)9-22-14(5)7-12(3)21-22/h7,10-11,15H,6,8-9H2,1-5H3,(H2,18,20,23)/t11-,15-/m0/s1. The second-order valence-corrected chi connectivity index (χ2v) is 7.25. The largest absolute Gasteiger partial charge is 0.338 e. The van der Waals surface area contributed by atoms with Gasteiger partial charge in [-0.15, -0.1) is 11.3 Å². The molecule has 24 heavy (non-hydrogen) atoms. The number of hydrogen-bond acceptors (Lipinski definition) is 4. The van der Waals surface area contributed by atoms with E-state index < -0.39 is 0 Å². The first kappa shape index (κ1) is 18.4. The van der Waals surface area contributed by atoms with Crippen LogP contribution in [0.5, 0.6) is 0 Å². The number of rotatable bonds is 7. The van der Waals surface area contributed by atoms with Crippen LogP contribution in [0.4, 0.5) is 4.79 Å². The number of nitrogens with one attached hydrogen (secondary N) is 2. The minimum Gasteiger partial charge on any atom is -0.338 e. The molecule has 7 heteroatoms. The first-order valence-corrected chi connectivity index (χ1v) is 9.24. The maximum Gasteiger partial charge on any atom is 0.315 e. The average Bonchev–Trinajstić information content (AvgIpc) is 3.08. The zero-order valence-corrected chi connectivity index (χ0v) is 15.9. The Bertz CT molecular complexity index is 678. The summed E-state index contributed by atoms with van der Waals surface area (Å²) in [5.41, 5.74) is 3.16. The number of thiazole rings is 1. The van der Waals surface area contributed by atoms with E-state index in [1.807, 2.05) is 30.8 Å². The van der Waals surface area contributed by atoms with Gasteiger partial charge in [0.2, 0.25) is 0 Å². The van der Waals surface area contributed by atoms with Gasteiger partial charge in [0.1, 0.15) is 5.01 Å². The van der Waals surface area contributed by atoms with Crippen LogP contribution in [-0.4, -0.2) is 27.3 Å². The predicted molar refractivity (Wildman–Crippen MR) is 97.3 cm³/mol. The zero-order chi connectivity index (χ0) is 17.7. The lowest BCUT2D eigenvalue weighted by Crippen LogP contribution is -2.40. The molecule has 0 saturated carbocycles. The highest BCUT2D eigenvalue weighted by atomic mass is 32.1. The van der Waals surface area contributed by atoms with Gasteiger partial charge in [0.05, 0.1) is 11.7 Å². The molecule has 0 bridgehead atoms. The molecule has 0 saturated heterocycles. The van der Waals surface area contributed by atoms with E-state index in [4.69, 9.17) is 0 Å². The number of amides is 2. The van der Waals surface area contributed by atoms with E-state index in [1.54, 1.807) is 11.3 Å². The Labute approximate surface area is 147 Å². The molecular weight excluding hydrogens is 322 g/mol. The van der Waals surface area contributed by atoms with Gasteiger partial charge in [-0.3, -0.25) is 4.68 Å². The SMILES string of the molecule is CC[C@H](NC(=O)NC[C@H](C)Cn1nc(C)cc1C)c1nc(C)cs1. The summed E-state index contributed by atoms with van der Waals surface area (Å²) in [5.74, 6) is 0.302. The number of hydrogen-bond donors (Lipinski definition) is 2. The number of urea groups is 1. The summed E-state index contributed by atoms with van der Waals surface area (Å²) in [7, 11) is 0. The maximum absolute atomic E-state index is 12.2. The molecular formula is C17H27N5OS. The molecule has 2 N–H and O–H groups in total. The number of carbonyl (C=O) groups excluding carboxylic acids is 1. The Balaban J connectivity index is 1.80. The van der Waals surface area contributed by atoms with Gasteiger partial charge in [-0.2, -0.15) is 5.10 Å². The van der Waals surface area contributed by atoms with Crippen molar-refractivity contribution in [3.8, 4) is 0 Å². The molecule has 6 nitrogen and oxygen atoms in total. The van der Waals surface area contributed by atoms with Gasteiger partial charge in [0.25, 0.3) is 0 Å². The van der Waals surface area contributed by atoms with Crippen LogP contribution in [0.3, 0.4) is 0 Å². The summed E-state index contributed by atoms with van der Waals surface area (Å²) in [6.07, 6.45) is 0.821. The van der Waals surface area contributed by atoms with E-state index in [0.717, 1.165) is 35.1 Å². The van der Waals surface area contributed by atoms with Crippen molar-refractivity contribution in [3.05, 3.63) is 33.5 Å². The summed E-state index contributed by atoms with van der Waals surface area (Å²) in [6, 6.07) is 1.89. The Morgan fingerprint density at radius 1 is 1.33 bits per heavy atom. The van der Waals surface area contributed by atoms with E-state index in [0.29, 0.717) is 12.5 Å². The third-order valence-electron chi connectivity index (χ3n) is 3.85. The molecule has 0 spiro atoms. The van der Waals surface area contributed by atoms with Crippen LogP contribution in [0.15, 0.2) is 11.4 Å². The minimum atomic E-state index is -0.144. The van der Waals surface area contributed by atoms with Crippen LogP contribution in [0.25, 0.3) is 0 Å². The fourth-order valence-corrected chi connectivity index (χ4v) is 3.50. The molecule has 2 amide bonds. The second kappa shape index (κ2) is 8.28. The minimum absolute atomic E-state index is 0.0324. The first-order chi connectivity index (χ1) is 11.4. The van der Waals surface area contributed by atoms with Crippen LogP contribution in [0.1, 0.15) is 48.4 Å². The maximum atomic E-state index is 12.2. The van der Waals surface area contributed by atoms with Crippen molar-refractivity contribution in [1.29, 1.82) is 0 Å². The zero-order valence-electron chi connectivity index (χ0n) is 15.1. The van der Waals surface area contributed by atoms with E-state index in [1.165, 1.54) is 0 Å². The topological polar surface area (TPSA) is 71.8 Å². The lowest BCUT2D eigenvalue weighted by molar-refractivity contribution is 0.234. The summed E-state index contributed by atoms with van der Waals surface area (Å²) >= 11 is 1.59. The molecule has 0 aliphatic carbocycles. The van der Waals surface area contributed by atoms with Crippen LogP contribution in [0, 0.1) is 26.7 Å². The summed E-state index contributed by atoms with van der Waals surface area (Å²) in [4.78, 5) is 16.6. The molecule has 2 atom stereocenters. The molecule has 0 unspecified atom stereocenters. The van der Waals surface area contributed by atoms with Gasteiger partial charge >= 0.3 is 6.03 Å². The van der Waals surface area contributed by atoms with E-state index in [2.05, 4.69) is 40.6 Å². The fourth-order valence-electron chi connectivity index (χ4n) is 2.57. The molecule has 2 aromatic rings. The molecule has 2 aromatic heterocycles. The molecule has 0 radical (unpaired) electrons. The smallest absolute Gasteiger partial charge is 0.315 e. The van der Waals surface area contributed by atoms with Gasteiger partial charge in [0.15, 0.2) is 0 Å². The average molecular weight is 350 g/mol. The van der Waals surface area contributed by atoms with Gasteiger partial charge < -0.3 is 10.6 Å². The van der Waals surface area contributed by atoms with E-state index >= 15 is 0 Å². The lowest BCUT2D eigenvalue weighted by atomic mass is 10.2. The van der Waals surface area contributed by atoms with Crippen molar-refractivity contribution < 1.29 is 4.79 Å². The normalized spacial score (nSPS) is 13.5. The summed E-state index contributed by atoms with van der Waals surface area (Å²) in [6.45, 7) is 11.6. The van der Waals surface area contributed by atoms with Crippen molar-refractivity contribution in [3.63, 3.8) is 0 Å². The Morgan fingerprint density at radius 2 is 2.08 bits per heavy atom. The van der Waals surface area contributed by atoms with Crippen LogP contribution in [-0.2, 0) is 6.54 Å². The number of aromatic nitrogens is 3. The van der Waals surface area contributed by atoms with Crippen molar-refractivity contribution in [2.24, 2.45) is 5.92 Å². The van der Waals surface area contributed by atoms with Crippen molar-refractivity contribution in [2.75, 3.05) is 6.54 Å². The van der Waals surface area contributed by atoms with Crippen molar-refractivity contribution >= 4 is 17.4 Å². The summed E-state index contributed by atoms with van der Waals surface area (Å²) < 4.78 is 1.99. The van der Waals surface area contributed by atoms with Gasteiger partial charge in [-0.1, -0.05) is 13.8 Å². The summed E-state index contributed by atoms with van der Waals surface area (Å²) in [5, 5.41) is 13.4. The molecule has 0 fully saturated rings. The third kappa shape index (κ3) is 5.06. The highest BCUT2D eigenvalue weighted by Gasteiger charge is 2.16. The van der Waals surface area contributed by atoms with E-state index in [9.17, 15) is 4.79 Å². The molecule has 0 aromatic carbocycles. The van der Waals surface area contributed by atoms with Crippen molar-refractivity contribution in [2.45, 2.75) is 53.6 Å². The predicted octanol–water partition coefficient (Wildman–Crippen LogP) is 3.35. The Kier molecular flexibility index (Phi) is 6.36. The van der Waals surface area contributed by atoms with Crippen LogP contribution in [0.2, 0.25) is 0 Å². The molecule has 2 rings (SSSR count). The van der Waals surface area contributed by atoms with Gasteiger partial charge in [-0.05, 0) is 39.2 Å². The van der Waals surface area contributed by atoms with Crippen LogP contribution < -0.4 is 10.6 Å². The number of nitrogens with zero attached hydrogens (tertiary/aromatic N) is 3. The number of aryl methyl sites for hydroxylation is 3. The fraction of sp³-hybridized carbons (Fsp3) is 0.588. The molecule has 132 valence electrons. The third-order valence-corrected chi connectivity index (χ3v) is 4.92. The molecule has 0 aliphatic rings. The quantitative estimate of drug-likeness (QED) is 0.805. The molecule has 2 heterocycles. The van der Waals surface area contributed by atoms with Gasteiger partial charge in [0, 0.05) is 29.9 Å². The number of carbonyl (C=O) groups is 1. The lowest BCUT2D eigenvalue weighted by Gasteiger charge is -2.17. The highest BCUT2D eigenvalue weighted by Crippen LogP contribution is 2.20. The first-order valence-electron chi connectivity index (χ1n) is 8.36.